The molecule has 8 nitrogen and oxygen atoms in total. The Morgan fingerprint density at radius 3 is 3.05 bits per heavy atom. The summed E-state index contributed by atoms with van der Waals surface area (Å²) in [5.74, 6) is 0.228. The lowest BCUT2D eigenvalue weighted by Crippen LogP contribution is -2.08. The number of nitrogens with one attached hydrogen (secondary N) is 1. The zero-order chi connectivity index (χ0) is 13.4. The van der Waals surface area contributed by atoms with Crippen LogP contribution in [0.5, 0.6) is 0 Å². The van der Waals surface area contributed by atoms with Gasteiger partial charge in [0.25, 0.3) is 5.56 Å². The second-order valence-corrected chi connectivity index (χ2v) is 4.17. The second-order valence-electron chi connectivity index (χ2n) is 3.81. The number of H-pyrrole nitrogens is 1. The Balaban J connectivity index is 1.97. The van der Waals surface area contributed by atoms with Gasteiger partial charge in [0, 0.05) is 0 Å². The number of aromatic amines is 1. The van der Waals surface area contributed by atoms with Gasteiger partial charge in [0.15, 0.2) is 5.52 Å². The molecule has 0 bridgehead atoms. The molecule has 0 amide bonds. The van der Waals surface area contributed by atoms with E-state index in [-0.39, 0.29) is 23.3 Å². The normalized spacial score (nSPS) is 11.3. The van der Waals surface area contributed by atoms with Crippen molar-refractivity contribution in [1.29, 1.82) is 0 Å². The van der Waals surface area contributed by atoms with Crippen molar-refractivity contribution in [3.8, 4) is 0 Å². The highest BCUT2D eigenvalue weighted by atomic mass is 35.5. The van der Waals surface area contributed by atoms with Crippen LogP contribution in [0.4, 0.5) is 0 Å². The molecular formula is C10H8ClN5O3. The van der Waals surface area contributed by atoms with Crippen LogP contribution in [0.3, 0.4) is 0 Å². The third kappa shape index (κ3) is 2.23. The standard InChI is InChI=1S/C10H8ClN5O3/c11-10-13-6-2-16(15-8(6)9(18)14-10)1-5-4-19-7(3-17)12-5/h2,4,17H,1,3H2,(H,13,14,18). The van der Waals surface area contributed by atoms with Gasteiger partial charge < -0.3 is 9.52 Å². The van der Waals surface area contributed by atoms with Gasteiger partial charge in [-0.25, -0.2) is 9.97 Å². The van der Waals surface area contributed by atoms with Gasteiger partial charge in [-0.2, -0.15) is 5.10 Å². The fraction of sp³-hybridized carbons (Fsp3) is 0.200. The van der Waals surface area contributed by atoms with Crippen LogP contribution in [0.15, 0.2) is 21.7 Å². The first-order valence-electron chi connectivity index (χ1n) is 5.33. The summed E-state index contributed by atoms with van der Waals surface area (Å²) in [6, 6.07) is 0. The predicted molar refractivity (Wildman–Crippen MR) is 64.7 cm³/mol. The molecule has 0 aliphatic carbocycles. The van der Waals surface area contributed by atoms with Crippen LogP contribution >= 0.6 is 11.6 Å². The maximum absolute atomic E-state index is 11.6. The quantitative estimate of drug-likeness (QED) is 0.668. The first kappa shape index (κ1) is 11.9. The van der Waals surface area contributed by atoms with Gasteiger partial charge in [-0.05, 0) is 11.6 Å². The van der Waals surface area contributed by atoms with Crippen molar-refractivity contribution >= 4 is 22.6 Å². The molecule has 3 aromatic heterocycles. The molecule has 0 saturated heterocycles. The van der Waals surface area contributed by atoms with E-state index in [1.54, 1.807) is 6.20 Å². The highest BCUT2D eigenvalue weighted by Crippen LogP contribution is 2.09. The number of nitrogens with zero attached hydrogens (tertiary/aromatic N) is 4. The Labute approximate surface area is 110 Å². The molecule has 19 heavy (non-hydrogen) atoms. The lowest BCUT2D eigenvalue weighted by molar-refractivity contribution is 0.240. The van der Waals surface area contributed by atoms with Gasteiger partial charge >= 0.3 is 0 Å². The van der Waals surface area contributed by atoms with Crippen LogP contribution < -0.4 is 5.56 Å². The molecule has 98 valence electrons. The number of aliphatic hydroxyl groups excluding tert-OH is 1. The number of rotatable bonds is 3. The number of fused-ring (bicyclic) bond motifs is 1. The Kier molecular flexibility index (Phi) is 2.80. The molecule has 9 heteroatoms. The SMILES string of the molecule is O=c1[nH]c(Cl)nc2cn(Cc3coc(CO)n3)nc12. The van der Waals surface area contributed by atoms with Crippen molar-refractivity contribution in [2.75, 3.05) is 0 Å². The van der Waals surface area contributed by atoms with Gasteiger partial charge in [-0.1, -0.05) is 0 Å². The summed E-state index contributed by atoms with van der Waals surface area (Å²) in [5.41, 5.74) is 0.791. The van der Waals surface area contributed by atoms with Crippen molar-refractivity contribution < 1.29 is 9.52 Å². The highest BCUT2D eigenvalue weighted by molar-refractivity contribution is 6.28. The van der Waals surface area contributed by atoms with Crippen LogP contribution in [0.2, 0.25) is 5.28 Å². The molecule has 3 heterocycles. The first-order valence-corrected chi connectivity index (χ1v) is 5.70. The van der Waals surface area contributed by atoms with E-state index < -0.39 is 5.56 Å². The molecule has 0 spiro atoms. The van der Waals surface area contributed by atoms with Crippen molar-refractivity contribution in [1.82, 2.24) is 24.7 Å². The summed E-state index contributed by atoms with van der Waals surface area (Å²) < 4.78 is 6.50. The minimum Gasteiger partial charge on any atom is -0.446 e. The average molecular weight is 282 g/mol. The Hall–Kier alpha value is -2.19. The highest BCUT2D eigenvalue weighted by Gasteiger charge is 2.09. The molecule has 0 atom stereocenters. The maximum atomic E-state index is 11.6. The smallest absolute Gasteiger partial charge is 0.280 e. The monoisotopic (exact) mass is 281 g/mol. The van der Waals surface area contributed by atoms with Crippen LogP contribution in [0.25, 0.3) is 11.0 Å². The predicted octanol–water partition coefficient (Wildman–Crippen LogP) is 0.302. The van der Waals surface area contributed by atoms with Crippen LogP contribution in [-0.4, -0.2) is 29.8 Å². The largest absolute Gasteiger partial charge is 0.446 e. The first-order chi connectivity index (χ1) is 9.15. The van der Waals surface area contributed by atoms with Crippen LogP contribution in [0, 0.1) is 0 Å². The van der Waals surface area contributed by atoms with Crippen molar-refractivity contribution in [3.63, 3.8) is 0 Å². The zero-order valence-corrected chi connectivity index (χ0v) is 10.3. The summed E-state index contributed by atoms with van der Waals surface area (Å²) in [5, 5.41) is 13.0. The molecule has 3 aromatic rings. The number of hydrogen-bond donors (Lipinski definition) is 2. The fourth-order valence-corrected chi connectivity index (χ4v) is 1.86. The van der Waals surface area contributed by atoms with Gasteiger partial charge in [-0.15, -0.1) is 0 Å². The number of aromatic nitrogens is 5. The van der Waals surface area contributed by atoms with E-state index in [4.69, 9.17) is 21.1 Å². The number of halogens is 1. The third-order valence-corrected chi connectivity index (χ3v) is 2.63. The number of hydrogen-bond acceptors (Lipinski definition) is 6. The van der Waals surface area contributed by atoms with E-state index in [9.17, 15) is 4.79 Å². The summed E-state index contributed by atoms with van der Waals surface area (Å²) in [6.45, 7) is 0.0365. The molecular weight excluding hydrogens is 274 g/mol. The molecule has 2 N–H and O–H groups in total. The average Bonchev–Trinajstić information content (AvgIpc) is 2.96. The van der Waals surface area contributed by atoms with E-state index in [2.05, 4.69) is 20.1 Å². The van der Waals surface area contributed by atoms with Gasteiger partial charge in [0.1, 0.15) is 24.1 Å². The molecule has 0 saturated carbocycles. The minimum absolute atomic E-state index is 0.0149. The second kappa shape index (κ2) is 4.48. The van der Waals surface area contributed by atoms with Crippen LogP contribution in [0.1, 0.15) is 11.6 Å². The van der Waals surface area contributed by atoms with Crippen LogP contribution in [-0.2, 0) is 13.2 Å². The lowest BCUT2D eigenvalue weighted by atomic mass is 10.4. The Bertz CT molecular complexity index is 790. The molecule has 0 aromatic carbocycles. The zero-order valence-electron chi connectivity index (χ0n) is 9.50. The molecule has 0 aliphatic heterocycles. The molecule has 0 fully saturated rings. The van der Waals surface area contributed by atoms with Crippen molar-refractivity contribution in [2.45, 2.75) is 13.2 Å². The van der Waals surface area contributed by atoms with Crippen molar-refractivity contribution in [2.24, 2.45) is 0 Å². The molecule has 0 unspecified atom stereocenters. The molecule has 3 rings (SSSR count). The van der Waals surface area contributed by atoms with Gasteiger partial charge in [-0.3, -0.25) is 14.5 Å². The summed E-state index contributed by atoms with van der Waals surface area (Å²) in [6.07, 6.45) is 3.01. The fourth-order valence-electron chi connectivity index (χ4n) is 1.68. The molecule has 0 aliphatic rings. The molecule has 0 radical (unpaired) electrons. The third-order valence-electron chi connectivity index (χ3n) is 2.45. The maximum Gasteiger partial charge on any atom is 0.280 e. The van der Waals surface area contributed by atoms with E-state index in [0.717, 1.165) is 0 Å². The minimum atomic E-state index is -0.398. The van der Waals surface area contributed by atoms with E-state index in [0.29, 0.717) is 17.8 Å². The van der Waals surface area contributed by atoms with E-state index in [1.165, 1.54) is 10.9 Å². The Morgan fingerprint density at radius 1 is 1.47 bits per heavy atom. The van der Waals surface area contributed by atoms with E-state index >= 15 is 0 Å². The topological polar surface area (TPSA) is 110 Å². The summed E-state index contributed by atoms with van der Waals surface area (Å²) >= 11 is 5.66. The number of aliphatic hydroxyl groups is 1. The Morgan fingerprint density at radius 2 is 2.32 bits per heavy atom. The number of oxazole rings is 1. The van der Waals surface area contributed by atoms with Gasteiger partial charge in [0.05, 0.1) is 12.7 Å². The summed E-state index contributed by atoms with van der Waals surface area (Å²) in [4.78, 5) is 21.9. The van der Waals surface area contributed by atoms with Gasteiger partial charge in [0.2, 0.25) is 11.2 Å². The van der Waals surface area contributed by atoms with Crippen molar-refractivity contribution in [3.05, 3.63) is 39.7 Å². The van der Waals surface area contributed by atoms with E-state index in [1.807, 2.05) is 0 Å². The summed E-state index contributed by atoms with van der Waals surface area (Å²) in [7, 11) is 0. The lowest BCUT2D eigenvalue weighted by Gasteiger charge is -1.94.